The van der Waals surface area contributed by atoms with Crippen LogP contribution >= 0.6 is 0 Å². The van der Waals surface area contributed by atoms with Gasteiger partial charge in [-0.25, -0.2) is 4.98 Å². The third kappa shape index (κ3) is 5.46. The van der Waals surface area contributed by atoms with E-state index in [1.165, 1.54) is 5.56 Å². The summed E-state index contributed by atoms with van der Waals surface area (Å²) in [5.74, 6) is 1.83. The van der Waals surface area contributed by atoms with Gasteiger partial charge in [0.1, 0.15) is 5.82 Å². The quantitative estimate of drug-likeness (QED) is 0.629. The number of aromatic nitrogens is 3. The Bertz CT molecular complexity index is 992. The van der Waals surface area contributed by atoms with E-state index in [-0.39, 0.29) is 12.3 Å². The second-order valence-electron chi connectivity index (χ2n) is 7.81. The Morgan fingerprint density at radius 2 is 1.87 bits per heavy atom. The number of likely N-dealkylation sites (N-methyl/N-ethyl adjacent to an activating group) is 1. The van der Waals surface area contributed by atoms with Gasteiger partial charge in [0.15, 0.2) is 0 Å². The standard InChI is InChI=1S/C23H28N6O2/c1-3-17-4-6-18(7-5-17)23-26-22(31-27-23)11-10-21(30)25-19-8-9-20(24-16-19)29-14-12-28(2)13-15-29/h4-9,16H,3,10-15H2,1-2H3,(H,25,30). The number of benzene rings is 1. The highest BCUT2D eigenvalue weighted by Gasteiger charge is 2.15. The number of rotatable bonds is 7. The Kier molecular flexibility index (Phi) is 6.57. The van der Waals surface area contributed by atoms with E-state index in [4.69, 9.17) is 4.52 Å². The minimum absolute atomic E-state index is 0.110. The molecule has 2 aromatic heterocycles. The fourth-order valence-electron chi connectivity index (χ4n) is 3.49. The molecule has 0 bridgehead atoms. The number of pyridine rings is 1. The number of hydrogen-bond donors (Lipinski definition) is 1. The lowest BCUT2D eigenvalue weighted by molar-refractivity contribution is -0.116. The summed E-state index contributed by atoms with van der Waals surface area (Å²) in [6, 6.07) is 11.9. The lowest BCUT2D eigenvalue weighted by Crippen LogP contribution is -2.44. The Labute approximate surface area is 182 Å². The first kappa shape index (κ1) is 21.0. The average molecular weight is 421 g/mol. The molecule has 8 heteroatoms. The Morgan fingerprint density at radius 1 is 1.10 bits per heavy atom. The summed E-state index contributed by atoms with van der Waals surface area (Å²) in [6.45, 7) is 6.10. The highest BCUT2D eigenvalue weighted by molar-refractivity contribution is 5.90. The maximum Gasteiger partial charge on any atom is 0.227 e. The van der Waals surface area contributed by atoms with Gasteiger partial charge >= 0.3 is 0 Å². The first-order valence-electron chi connectivity index (χ1n) is 10.7. The summed E-state index contributed by atoms with van der Waals surface area (Å²) < 4.78 is 5.30. The summed E-state index contributed by atoms with van der Waals surface area (Å²) >= 11 is 0. The van der Waals surface area contributed by atoms with Gasteiger partial charge in [-0.1, -0.05) is 36.3 Å². The molecule has 1 aliphatic heterocycles. The molecule has 1 amide bonds. The minimum Gasteiger partial charge on any atom is -0.354 e. The molecule has 1 aromatic carbocycles. The lowest BCUT2D eigenvalue weighted by atomic mass is 10.1. The van der Waals surface area contributed by atoms with Crippen LogP contribution in [0.1, 0.15) is 24.8 Å². The van der Waals surface area contributed by atoms with Gasteiger partial charge in [0.2, 0.25) is 17.6 Å². The molecule has 162 valence electrons. The molecule has 1 N–H and O–H groups in total. The maximum absolute atomic E-state index is 12.3. The molecule has 0 unspecified atom stereocenters. The minimum atomic E-state index is -0.110. The summed E-state index contributed by atoms with van der Waals surface area (Å²) in [4.78, 5) is 25.8. The molecule has 3 heterocycles. The molecule has 1 aliphatic rings. The number of amides is 1. The van der Waals surface area contributed by atoms with Gasteiger partial charge in [0, 0.05) is 44.6 Å². The van der Waals surface area contributed by atoms with E-state index >= 15 is 0 Å². The molecule has 31 heavy (non-hydrogen) atoms. The van der Waals surface area contributed by atoms with Crippen LogP contribution in [0.5, 0.6) is 0 Å². The summed E-state index contributed by atoms with van der Waals surface area (Å²) in [6.07, 6.45) is 3.34. The molecule has 0 spiro atoms. The van der Waals surface area contributed by atoms with Crippen LogP contribution in [0.2, 0.25) is 0 Å². The average Bonchev–Trinajstić information content (AvgIpc) is 3.28. The summed E-state index contributed by atoms with van der Waals surface area (Å²) in [7, 11) is 2.13. The van der Waals surface area contributed by atoms with E-state index in [1.807, 2.05) is 24.3 Å². The fourth-order valence-corrected chi connectivity index (χ4v) is 3.49. The van der Waals surface area contributed by atoms with Gasteiger partial charge in [-0.3, -0.25) is 4.79 Å². The molecule has 8 nitrogen and oxygen atoms in total. The van der Waals surface area contributed by atoms with E-state index in [0.29, 0.717) is 23.8 Å². The molecule has 1 fully saturated rings. The Hall–Kier alpha value is -3.26. The maximum atomic E-state index is 12.3. The van der Waals surface area contributed by atoms with Crippen molar-refractivity contribution in [2.24, 2.45) is 0 Å². The summed E-state index contributed by atoms with van der Waals surface area (Å²) in [5, 5.41) is 6.91. The van der Waals surface area contributed by atoms with E-state index in [2.05, 4.69) is 56.3 Å². The lowest BCUT2D eigenvalue weighted by Gasteiger charge is -2.33. The number of carbonyl (C=O) groups is 1. The van der Waals surface area contributed by atoms with Crippen molar-refractivity contribution in [1.82, 2.24) is 20.0 Å². The third-order valence-corrected chi connectivity index (χ3v) is 5.51. The van der Waals surface area contributed by atoms with Crippen molar-refractivity contribution in [3.8, 4) is 11.4 Å². The normalized spacial score (nSPS) is 14.6. The Morgan fingerprint density at radius 3 is 2.55 bits per heavy atom. The van der Waals surface area contributed by atoms with Gasteiger partial charge in [-0.15, -0.1) is 0 Å². The number of carbonyl (C=O) groups excluding carboxylic acids is 1. The number of hydrogen-bond acceptors (Lipinski definition) is 7. The second-order valence-corrected chi connectivity index (χ2v) is 7.81. The van der Waals surface area contributed by atoms with Crippen LogP contribution in [-0.4, -0.2) is 59.2 Å². The topological polar surface area (TPSA) is 87.4 Å². The first-order valence-corrected chi connectivity index (χ1v) is 10.7. The monoisotopic (exact) mass is 420 g/mol. The van der Waals surface area contributed by atoms with E-state index in [1.54, 1.807) is 6.20 Å². The molecule has 0 radical (unpaired) electrons. The number of anilines is 2. The predicted octanol–water partition coefficient (Wildman–Crippen LogP) is 3.02. The van der Waals surface area contributed by atoms with E-state index < -0.39 is 0 Å². The Balaban J connectivity index is 1.27. The fraction of sp³-hybridized carbons (Fsp3) is 0.391. The third-order valence-electron chi connectivity index (χ3n) is 5.51. The molecule has 3 aromatic rings. The van der Waals surface area contributed by atoms with Crippen molar-refractivity contribution < 1.29 is 9.32 Å². The molecule has 4 rings (SSSR count). The zero-order valence-corrected chi connectivity index (χ0v) is 18.0. The number of aryl methyl sites for hydroxylation is 2. The predicted molar refractivity (Wildman–Crippen MR) is 120 cm³/mol. The van der Waals surface area contributed by atoms with Crippen molar-refractivity contribution in [3.63, 3.8) is 0 Å². The van der Waals surface area contributed by atoms with Gasteiger partial charge in [-0.05, 0) is 31.2 Å². The molecular weight excluding hydrogens is 392 g/mol. The molecule has 0 atom stereocenters. The molecule has 0 saturated carbocycles. The van der Waals surface area contributed by atoms with Crippen molar-refractivity contribution >= 4 is 17.4 Å². The first-order chi connectivity index (χ1) is 15.1. The number of nitrogens with zero attached hydrogens (tertiary/aromatic N) is 5. The van der Waals surface area contributed by atoms with Crippen molar-refractivity contribution in [1.29, 1.82) is 0 Å². The van der Waals surface area contributed by atoms with E-state index in [9.17, 15) is 4.79 Å². The van der Waals surface area contributed by atoms with Gasteiger partial charge in [-0.2, -0.15) is 4.98 Å². The van der Waals surface area contributed by atoms with Crippen LogP contribution in [-0.2, 0) is 17.6 Å². The van der Waals surface area contributed by atoms with Gasteiger partial charge < -0.3 is 19.6 Å². The van der Waals surface area contributed by atoms with E-state index in [0.717, 1.165) is 44.0 Å². The van der Waals surface area contributed by atoms with Crippen LogP contribution in [0.3, 0.4) is 0 Å². The summed E-state index contributed by atoms with van der Waals surface area (Å²) in [5.41, 5.74) is 2.85. The zero-order chi connectivity index (χ0) is 21.6. The SMILES string of the molecule is CCc1ccc(-c2noc(CCC(=O)Nc3ccc(N4CCN(C)CC4)nc3)n2)cc1. The largest absolute Gasteiger partial charge is 0.354 e. The second kappa shape index (κ2) is 9.70. The van der Waals surface area contributed by atoms with Crippen LogP contribution in [0, 0.1) is 0 Å². The highest BCUT2D eigenvalue weighted by atomic mass is 16.5. The van der Waals surface area contributed by atoms with Crippen molar-refractivity contribution in [3.05, 3.63) is 54.0 Å². The highest BCUT2D eigenvalue weighted by Crippen LogP contribution is 2.18. The zero-order valence-electron chi connectivity index (χ0n) is 18.0. The number of nitrogens with one attached hydrogen (secondary N) is 1. The van der Waals surface area contributed by atoms with Crippen molar-refractivity contribution in [2.45, 2.75) is 26.2 Å². The smallest absolute Gasteiger partial charge is 0.227 e. The van der Waals surface area contributed by atoms with Crippen LogP contribution < -0.4 is 10.2 Å². The van der Waals surface area contributed by atoms with Gasteiger partial charge in [0.25, 0.3) is 0 Å². The number of piperazine rings is 1. The van der Waals surface area contributed by atoms with Crippen LogP contribution in [0.4, 0.5) is 11.5 Å². The van der Waals surface area contributed by atoms with Crippen LogP contribution in [0.25, 0.3) is 11.4 Å². The molecular formula is C23H28N6O2. The van der Waals surface area contributed by atoms with Crippen molar-refractivity contribution in [2.75, 3.05) is 43.4 Å². The van der Waals surface area contributed by atoms with Gasteiger partial charge in [0.05, 0.1) is 11.9 Å². The molecule has 1 saturated heterocycles. The molecule has 0 aliphatic carbocycles. The van der Waals surface area contributed by atoms with Crippen LogP contribution in [0.15, 0.2) is 47.1 Å².